The van der Waals surface area contributed by atoms with E-state index in [1.165, 1.54) is 23.3 Å². The summed E-state index contributed by atoms with van der Waals surface area (Å²) in [5.41, 5.74) is 3.09. The fourth-order valence-corrected chi connectivity index (χ4v) is 4.29. The first-order valence-corrected chi connectivity index (χ1v) is 9.14. The third-order valence-corrected chi connectivity index (χ3v) is 5.65. The van der Waals surface area contributed by atoms with Gasteiger partial charge in [-0.3, -0.25) is 4.79 Å². The lowest BCUT2D eigenvalue weighted by atomic mass is 9.95. The number of rotatable bonds is 5. The fraction of sp³-hybridized carbons (Fsp3) is 0.421. The van der Waals surface area contributed by atoms with Crippen molar-refractivity contribution in [1.29, 1.82) is 0 Å². The molecule has 1 aliphatic carbocycles. The van der Waals surface area contributed by atoms with E-state index in [2.05, 4.69) is 5.32 Å². The molecule has 0 saturated heterocycles. The number of carbonyl (C=O) groups is 1. The maximum atomic E-state index is 12.7. The predicted molar refractivity (Wildman–Crippen MR) is 96.4 cm³/mol. The lowest BCUT2D eigenvalue weighted by Gasteiger charge is -2.18. The lowest BCUT2D eigenvalue weighted by Crippen LogP contribution is -2.27. The summed E-state index contributed by atoms with van der Waals surface area (Å²) >= 11 is 1.72. The molecule has 1 aromatic carbocycles. The van der Waals surface area contributed by atoms with Gasteiger partial charge >= 0.3 is 0 Å². The van der Waals surface area contributed by atoms with Crippen LogP contribution in [0.3, 0.4) is 0 Å². The lowest BCUT2D eigenvalue weighted by molar-refractivity contribution is 0.0939. The second-order valence-corrected chi connectivity index (χ2v) is 7.03. The van der Waals surface area contributed by atoms with Gasteiger partial charge in [-0.05, 0) is 55.9 Å². The highest BCUT2D eigenvalue weighted by Crippen LogP contribution is 2.32. The number of methoxy groups -OCH3 is 2. The van der Waals surface area contributed by atoms with E-state index in [0.29, 0.717) is 11.5 Å². The minimum absolute atomic E-state index is 0.0108. The molecule has 1 N–H and O–H groups in total. The normalized spacial score (nSPS) is 14.6. The molecule has 0 spiro atoms. The Hall–Kier alpha value is -2.01. The average Bonchev–Trinajstić information content (AvgIpc) is 3.05. The molecule has 0 saturated carbocycles. The molecule has 1 atom stereocenters. The molecule has 0 bridgehead atoms. The molecule has 1 aliphatic rings. The van der Waals surface area contributed by atoms with Gasteiger partial charge in [0, 0.05) is 10.3 Å². The molecule has 0 aliphatic heterocycles. The molecule has 0 unspecified atom stereocenters. The molecule has 128 valence electrons. The first-order chi connectivity index (χ1) is 11.6. The van der Waals surface area contributed by atoms with Crippen molar-refractivity contribution in [1.82, 2.24) is 5.32 Å². The number of amides is 1. The van der Waals surface area contributed by atoms with Crippen molar-refractivity contribution in [3.63, 3.8) is 0 Å². The number of hydrogen-bond acceptors (Lipinski definition) is 4. The van der Waals surface area contributed by atoms with Crippen LogP contribution in [0.4, 0.5) is 0 Å². The minimum atomic E-state index is -0.101. The highest BCUT2D eigenvalue weighted by Gasteiger charge is 2.21. The van der Waals surface area contributed by atoms with Crippen molar-refractivity contribution in [2.24, 2.45) is 0 Å². The highest BCUT2D eigenvalue weighted by atomic mass is 32.1. The Morgan fingerprint density at radius 3 is 2.67 bits per heavy atom. The van der Waals surface area contributed by atoms with Crippen LogP contribution >= 0.6 is 11.3 Å². The summed E-state index contributed by atoms with van der Waals surface area (Å²) in [7, 11) is 3.23. The number of benzene rings is 1. The summed E-state index contributed by atoms with van der Waals surface area (Å²) in [6, 6.07) is 5.63. The summed E-state index contributed by atoms with van der Waals surface area (Å²) in [5, 5.41) is 5.12. The summed E-state index contributed by atoms with van der Waals surface area (Å²) in [5.74, 6) is 1.37. The Balaban J connectivity index is 1.76. The highest BCUT2D eigenvalue weighted by molar-refractivity contribution is 7.10. The van der Waals surface area contributed by atoms with Crippen LogP contribution in [0.1, 0.15) is 52.2 Å². The van der Waals surface area contributed by atoms with E-state index in [4.69, 9.17) is 9.47 Å². The van der Waals surface area contributed by atoms with Gasteiger partial charge < -0.3 is 14.8 Å². The first-order valence-electron chi connectivity index (χ1n) is 8.26. The Kier molecular flexibility index (Phi) is 5.09. The Labute approximate surface area is 146 Å². The van der Waals surface area contributed by atoms with E-state index >= 15 is 0 Å². The van der Waals surface area contributed by atoms with Gasteiger partial charge in [-0.15, -0.1) is 11.3 Å². The standard InChI is InChI=1S/C19H23NO3S/c1-12(13-8-9-16(22-2)17(10-13)23-3)20-19(21)15-11-24-18-7-5-4-6-14(15)18/h8-12H,4-7H2,1-3H3,(H,20,21)/t12-/m1/s1. The number of ether oxygens (including phenoxy) is 2. The van der Waals surface area contributed by atoms with Crippen LogP contribution in [0.15, 0.2) is 23.6 Å². The number of hydrogen-bond donors (Lipinski definition) is 1. The van der Waals surface area contributed by atoms with E-state index < -0.39 is 0 Å². The second kappa shape index (κ2) is 7.26. The Bertz CT molecular complexity index is 738. The summed E-state index contributed by atoms with van der Waals surface area (Å²) in [4.78, 5) is 14.1. The smallest absolute Gasteiger partial charge is 0.252 e. The van der Waals surface area contributed by atoms with E-state index in [1.807, 2.05) is 30.5 Å². The summed E-state index contributed by atoms with van der Waals surface area (Å²) in [6.07, 6.45) is 4.54. The van der Waals surface area contributed by atoms with Gasteiger partial charge in [0.05, 0.1) is 25.8 Å². The van der Waals surface area contributed by atoms with E-state index in [-0.39, 0.29) is 11.9 Å². The monoisotopic (exact) mass is 345 g/mol. The van der Waals surface area contributed by atoms with Crippen LogP contribution in [0.25, 0.3) is 0 Å². The van der Waals surface area contributed by atoms with Crippen LogP contribution < -0.4 is 14.8 Å². The van der Waals surface area contributed by atoms with Crippen molar-refractivity contribution in [3.05, 3.63) is 45.1 Å². The number of nitrogens with one attached hydrogen (secondary N) is 1. The van der Waals surface area contributed by atoms with Gasteiger partial charge in [-0.1, -0.05) is 6.07 Å². The molecule has 3 rings (SSSR count). The molecular formula is C19H23NO3S. The second-order valence-electron chi connectivity index (χ2n) is 6.07. The molecule has 1 amide bonds. The molecule has 24 heavy (non-hydrogen) atoms. The van der Waals surface area contributed by atoms with Crippen molar-refractivity contribution in [3.8, 4) is 11.5 Å². The molecule has 2 aromatic rings. The molecule has 0 fully saturated rings. The van der Waals surface area contributed by atoms with Gasteiger partial charge in [-0.2, -0.15) is 0 Å². The summed E-state index contributed by atoms with van der Waals surface area (Å²) < 4.78 is 10.6. The molecule has 5 heteroatoms. The number of thiophene rings is 1. The van der Waals surface area contributed by atoms with Crippen molar-refractivity contribution >= 4 is 17.2 Å². The van der Waals surface area contributed by atoms with Crippen molar-refractivity contribution in [2.75, 3.05) is 14.2 Å². The number of aryl methyl sites for hydroxylation is 1. The van der Waals surface area contributed by atoms with Gasteiger partial charge in [0.25, 0.3) is 5.91 Å². The van der Waals surface area contributed by atoms with E-state index in [1.54, 1.807) is 25.6 Å². The zero-order valence-electron chi connectivity index (χ0n) is 14.3. The quantitative estimate of drug-likeness (QED) is 0.886. The minimum Gasteiger partial charge on any atom is -0.493 e. The van der Waals surface area contributed by atoms with Crippen LogP contribution in [-0.2, 0) is 12.8 Å². The predicted octanol–water partition coefficient (Wildman–Crippen LogP) is 4.14. The Morgan fingerprint density at radius 2 is 1.92 bits per heavy atom. The molecular weight excluding hydrogens is 322 g/mol. The number of carbonyl (C=O) groups excluding carboxylic acids is 1. The topological polar surface area (TPSA) is 47.6 Å². The summed E-state index contributed by atoms with van der Waals surface area (Å²) in [6.45, 7) is 1.98. The molecule has 1 heterocycles. The zero-order valence-corrected chi connectivity index (χ0v) is 15.2. The van der Waals surface area contributed by atoms with Crippen molar-refractivity contribution in [2.45, 2.75) is 38.6 Å². The van der Waals surface area contributed by atoms with Crippen LogP contribution in [0.2, 0.25) is 0 Å². The average molecular weight is 345 g/mol. The van der Waals surface area contributed by atoms with Gasteiger partial charge in [0.15, 0.2) is 11.5 Å². The van der Waals surface area contributed by atoms with Gasteiger partial charge in [-0.25, -0.2) is 0 Å². The van der Waals surface area contributed by atoms with Crippen molar-refractivity contribution < 1.29 is 14.3 Å². The van der Waals surface area contributed by atoms with Crippen LogP contribution in [0.5, 0.6) is 11.5 Å². The SMILES string of the molecule is COc1ccc([C@@H](C)NC(=O)c2csc3c2CCCC3)cc1OC. The largest absolute Gasteiger partial charge is 0.493 e. The van der Waals surface area contributed by atoms with Gasteiger partial charge in [0.2, 0.25) is 0 Å². The maximum absolute atomic E-state index is 12.7. The van der Waals surface area contributed by atoms with E-state index in [0.717, 1.165) is 24.0 Å². The number of fused-ring (bicyclic) bond motifs is 1. The van der Waals surface area contributed by atoms with Crippen LogP contribution in [0, 0.1) is 0 Å². The molecule has 1 aromatic heterocycles. The third kappa shape index (κ3) is 3.26. The first kappa shape index (κ1) is 16.8. The zero-order chi connectivity index (χ0) is 17.1. The molecule has 0 radical (unpaired) electrons. The van der Waals surface area contributed by atoms with E-state index in [9.17, 15) is 4.79 Å². The van der Waals surface area contributed by atoms with Gasteiger partial charge in [0.1, 0.15) is 0 Å². The third-order valence-electron chi connectivity index (χ3n) is 4.56. The Morgan fingerprint density at radius 1 is 1.17 bits per heavy atom. The molecule has 4 nitrogen and oxygen atoms in total. The van der Waals surface area contributed by atoms with Crippen LogP contribution in [-0.4, -0.2) is 20.1 Å². The maximum Gasteiger partial charge on any atom is 0.252 e. The fourth-order valence-electron chi connectivity index (χ4n) is 3.16.